The third-order valence-corrected chi connectivity index (χ3v) is 8.67. The first kappa shape index (κ1) is 16.1. The van der Waals surface area contributed by atoms with Crippen LogP contribution in [-0.2, 0) is 0 Å². The minimum Gasteiger partial charge on any atom is -0.317 e. The van der Waals surface area contributed by atoms with Crippen molar-refractivity contribution in [3.8, 4) is 0 Å². The maximum absolute atomic E-state index is 3.69. The zero-order chi connectivity index (χ0) is 16.0. The van der Waals surface area contributed by atoms with Crippen molar-refractivity contribution >= 4 is 0 Å². The van der Waals surface area contributed by atoms with Crippen LogP contribution in [0.25, 0.3) is 0 Å². The van der Waals surface area contributed by atoms with E-state index in [2.05, 4.69) is 15.5 Å². The second kappa shape index (κ2) is 6.55. The van der Waals surface area contributed by atoms with E-state index >= 15 is 0 Å². The third-order valence-electron chi connectivity index (χ3n) is 8.67. The molecular weight excluding hydrogens is 294 g/mol. The van der Waals surface area contributed by atoms with Gasteiger partial charge in [-0.1, -0.05) is 0 Å². The van der Waals surface area contributed by atoms with Crippen molar-refractivity contribution < 1.29 is 0 Å². The SMILES string of the molecule is C1CNCC(C2C3CCC2CN(C2CCC4(CCNCC4)C2)C3)C1. The van der Waals surface area contributed by atoms with Gasteiger partial charge in [0, 0.05) is 19.1 Å². The molecule has 3 nitrogen and oxygen atoms in total. The van der Waals surface area contributed by atoms with Crippen LogP contribution in [0.15, 0.2) is 0 Å². The molecule has 0 aromatic rings. The van der Waals surface area contributed by atoms with E-state index in [1.165, 1.54) is 97.1 Å². The Morgan fingerprint density at radius 2 is 1.54 bits per heavy atom. The maximum Gasteiger partial charge on any atom is 0.0101 e. The van der Waals surface area contributed by atoms with Crippen LogP contribution in [0.3, 0.4) is 0 Å². The van der Waals surface area contributed by atoms with Gasteiger partial charge < -0.3 is 10.6 Å². The number of rotatable bonds is 2. The molecule has 2 saturated carbocycles. The van der Waals surface area contributed by atoms with Crippen LogP contribution < -0.4 is 10.6 Å². The van der Waals surface area contributed by atoms with Gasteiger partial charge >= 0.3 is 0 Å². The number of nitrogens with one attached hydrogen (secondary N) is 2. The first-order valence-electron chi connectivity index (χ1n) is 11.0. The Balaban J connectivity index is 1.23. The second-order valence-electron chi connectivity index (χ2n) is 9.88. The first-order valence-corrected chi connectivity index (χ1v) is 11.0. The quantitative estimate of drug-likeness (QED) is 0.815. The van der Waals surface area contributed by atoms with Crippen molar-refractivity contribution in [2.24, 2.45) is 29.1 Å². The molecule has 3 saturated heterocycles. The highest BCUT2D eigenvalue weighted by Crippen LogP contribution is 2.51. The van der Waals surface area contributed by atoms with E-state index in [4.69, 9.17) is 0 Å². The summed E-state index contributed by atoms with van der Waals surface area (Å²) < 4.78 is 0. The molecule has 2 aliphatic carbocycles. The highest BCUT2D eigenvalue weighted by Gasteiger charge is 2.49. The van der Waals surface area contributed by atoms with Gasteiger partial charge in [0.1, 0.15) is 0 Å². The largest absolute Gasteiger partial charge is 0.317 e. The van der Waals surface area contributed by atoms with Gasteiger partial charge in [-0.05, 0) is 113 Å². The van der Waals surface area contributed by atoms with Gasteiger partial charge in [0.25, 0.3) is 0 Å². The van der Waals surface area contributed by atoms with Crippen molar-refractivity contribution in [3.63, 3.8) is 0 Å². The predicted octanol–water partition coefficient (Wildman–Crippen LogP) is 2.87. The lowest BCUT2D eigenvalue weighted by Gasteiger charge is -2.45. The molecule has 24 heavy (non-hydrogen) atoms. The summed E-state index contributed by atoms with van der Waals surface area (Å²) in [6, 6.07) is 0.927. The number of fused-ring (bicyclic) bond motifs is 2. The number of piperidine rings is 3. The average molecular weight is 332 g/mol. The maximum atomic E-state index is 3.69. The highest BCUT2D eigenvalue weighted by atomic mass is 15.2. The van der Waals surface area contributed by atoms with E-state index in [1.54, 1.807) is 0 Å². The van der Waals surface area contributed by atoms with E-state index in [0.717, 1.165) is 35.1 Å². The molecule has 2 N–H and O–H groups in total. The van der Waals surface area contributed by atoms with Crippen LogP contribution in [0.1, 0.15) is 57.8 Å². The fourth-order valence-corrected chi connectivity index (χ4v) is 7.48. The van der Waals surface area contributed by atoms with E-state index < -0.39 is 0 Å². The third kappa shape index (κ3) is 2.85. The molecule has 136 valence electrons. The first-order chi connectivity index (χ1) is 11.8. The Labute approximate surface area is 148 Å². The summed E-state index contributed by atoms with van der Waals surface area (Å²) in [7, 11) is 0. The fraction of sp³-hybridized carbons (Fsp3) is 1.00. The molecule has 0 aromatic carbocycles. The molecule has 4 unspecified atom stereocenters. The molecule has 3 heterocycles. The summed E-state index contributed by atoms with van der Waals surface area (Å²) in [5.41, 5.74) is 0.721. The van der Waals surface area contributed by atoms with Crippen molar-refractivity contribution in [3.05, 3.63) is 0 Å². The Morgan fingerprint density at radius 1 is 0.750 bits per heavy atom. The smallest absolute Gasteiger partial charge is 0.0101 e. The fourth-order valence-electron chi connectivity index (χ4n) is 7.48. The molecule has 4 atom stereocenters. The van der Waals surface area contributed by atoms with Gasteiger partial charge in [-0.25, -0.2) is 0 Å². The lowest BCUT2D eigenvalue weighted by Crippen LogP contribution is -2.50. The van der Waals surface area contributed by atoms with Crippen molar-refractivity contribution in [1.29, 1.82) is 0 Å². The van der Waals surface area contributed by atoms with Gasteiger partial charge in [0.2, 0.25) is 0 Å². The summed E-state index contributed by atoms with van der Waals surface area (Å²) in [5.74, 6) is 4.11. The topological polar surface area (TPSA) is 27.3 Å². The minimum absolute atomic E-state index is 0.721. The van der Waals surface area contributed by atoms with E-state index in [0.29, 0.717) is 0 Å². The molecule has 2 bridgehead atoms. The van der Waals surface area contributed by atoms with Gasteiger partial charge in [0.15, 0.2) is 0 Å². The van der Waals surface area contributed by atoms with Crippen LogP contribution in [0, 0.1) is 29.1 Å². The normalized spacial score (nSPS) is 45.8. The lowest BCUT2D eigenvalue weighted by molar-refractivity contribution is 0.0332. The molecule has 1 spiro atoms. The number of hydrogen-bond acceptors (Lipinski definition) is 3. The highest BCUT2D eigenvalue weighted by molar-refractivity contribution is 5.02. The summed E-state index contributed by atoms with van der Waals surface area (Å²) in [4.78, 5) is 2.98. The molecule has 0 amide bonds. The average Bonchev–Trinajstić information content (AvgIpc) is 3.15. The Hall–Kier alpha value is -0.120. The van der Waals surface area contributed by atoms with Crippen molar-refractivity contribution in [2.75, 3.05) is 39.3 Å². The molecule has 5 rings (SSSR count). The van der Waals surface area contributed by atoms with Crippen LogP contribution in [0.2, 0.25) is 0 Å². The molecule has 0 aromatic heterocycles. The van der Waals surface area contributed by atoms with Crippen LogP contribution in [0.4, 0.5) is 0 Å². The molecule has 5 fully saturated rings. The standard InChI is InChI=1S/C21H37N3/c1-2-16(13-23-9-1)20-17-3-4-18(20)15-24(14-17)19-5-6-21(12-19)7-10-22-11-8-21/h16-20,22-23H,1-15H2. The molecular formula is C21H37N3. The Morgan fingerprint density at radius 3 is 2.25 bits per heavy atom. The lowest BCUT2D eigenvalue weighted by atomic mass is 9.73. The minimum atomic E-state index is 0.721. The summed E-state index contributed by atoms with van der Waals surface area (Å²) in [5, 5.41) is 7.26. The Bertz CT molecular complexity index is 424. The predicted molar refractivity (Wildman–Crippen MR) is 99.0 cm³/mol. The van der Waals surface area contributed by atoms with Gasteiger partial charge in [-0.2, -0.15) is 0 Å². The van der Waals surface area contributed by atoms with Crippen LogP contribution in [-0.4, -0.2) is 50.2 Å². The summed E-state index contributed by atoms with van der Waals surface area (Å²) >= 11 is 0. The molecule has 3 aliphatic heterocycles. The molecule has 0 radical (unpaired) electrons. The van der Waals surface area contributed by atoms with Gasteiger partial charge in [-0.15, -0.1) is 0 Å². The van der Waals surface area contributed by atoms with E-state index in [1.807, 2.05) is 0 Å². The van der Waals surface area contributed by atoms with Gasteiger partial charge in [-0.3, -0.25) is 4.90 Å². The number of likely N-dealkylation sites (tertiary alicyclic amines) is 1. The second-order valence-corrected chi connectivity index (χ2v) is 9.88. The summed E-state index contributed by atoms with van der Waals surface area (Å²) in [6.45, 7) is 8.01. The number of nitrogens with zero attached hydrogens (tertiary/aromatic N) is 1. The zero-order valence-corrected chi connectivity index (χ0v) is 15.4. The van der Waals surface area contributed by atoms with Crippen LogP contribution in [0.5, 0.6) is 0 Å². The van der Waals surface area contributed by atoms with Crippen LogP contribution >= 0.6 is 0 Å². The van der Waals surface area contributed by atoms with Crippen molar-refractivity contribution in [2.45, 2.75) is 63.8 Å². The molecule has 5 aliphatic rings. The zero-order valence-electron chi connectivity index (χ0n) is 15.4. The molecule has 3 heteroatoms. The summed E-state index contributed by atoms with van der Waals surface area (Å²) in [6.07, 6.45) is 13.4. The Kier molecular flexibility index (Phi) is 4.39. The van der Waals surface area contributed by atoms with Crippen molar-refractivity contribution in [1.82, 2.24) is 15.5 Å². The number of hydrogen-bond donors (Lipinski definition) is 2. The monoisotopic (exact) mass is 331 g/mol. The van der Waals surface area contributed by atoms with E-state index in [-0.39, 0.29) is 0 Å². The van der Waals surface area contributed by atoms with E-state index in [9.17, 15) is 0 Å². The van der Waals surface area contributed by atoms with Gasteiger partial charge in [0.05, 0.1) is 0 Å².